The first kappa shape index (κ1) is 28.7. The lowest BCUT2D eigenvalue weighted by molar-refractivity contribution is 0.604. The summed E-state index contributed by atoms with van der Waals surface area (Å²) in [6.45, 7) is 10.0. The van der Waals surface area contributed by atoms with Crippen LogP contribution in [0.2, 0.25) is 0 Å². The molecule has 0 N–H and O–H groups in total. The molecule has 4 aromatic heterocycles. The number of nitrogens with zero attached hydrogens (tertiary/aromatic N) is 6. The summed E-state index contributed by atoms with van der Waals surface area (Å²) in [6, 6.07) is 29.9. The normalized spacial score (nSPS) is 12.2. The van der Waals surface area contributed by atoms with E-state index in [2.05, 4.69) is 11.6 Å². The van der Waals surface area contributed by atoms with E-state index in [0.29, 0.717) is 40.3 Å². The van der Waals surface area contributed by atoms with Crippen molar-refractivity contribution in [3.8, 4) is 34.0 Å². The SMILES string of the molecule is C=Cc1oc2c(-c3nc(-c4ccccc4)c4cccnc4n3)cccc2c1/C(=C\C)c1nc(/C(C)=C/C)nc(-c2ccccc2)n1. The molecule has 46 heavy (non-hydrogen) atoms. The molecule has 7 nitrogen and oxygen atoms in total. The van der Waals surface area contributed by atoms with E-state index in [0.717, 1.165) is 49.9 Å². The highest BCUT2D eigenvalue weighted by molar-refractivity contribution is 6.03. The molecule has 0 aliphatic carbocycles. The van der Waals surface area contributed by atoms with Crippen LogP contribution >= 0.6 is 0 Å². The van der Waals surface area contributed by atoms with E-state index in [1.54, 1.807) is 12.3 Å². The highest BCUT2D eigenvalue weighted by Crippen LogP contribution is 2.40. The third-order valence-corrected chi connectivity index (χ3v) is 7.94. The Morgan fingerprint density at radius 1 is 0.674 bits per heavy atom. The predicted octanol–water partition coefficient (Wildman–Crippen LogP) is 9.47. The minimum atomic E-state index is 0.520. The molecule has 0 saturated carbocycles. The van der Waals surface area contributed by atoms with E-state index in [1.165, 1.54) is 0 Å². The average Bonchev–Trinajstić information content (AvgIpc) is 3.50. The van der Waals surface area contributed by atoms with E-state index < -0.39 is 0 Å². The third kappa shape index (κ3) is 5.08. The van der Waals surface area contributed by atoms with Crippen molar-refractivity contribution < 1.29 is 4.42 Å². The van der Waals surface area contributed by atoms with Gasteiger partial charge in [0.15, 0.2) is 28.9 Å². The van der Waals surface area contributed by atoms with Crippen molar-refractivity contribution >= 4 is 39.2 Å². The molecule has 0 atom stereocenters. The molecule has 0 radical (unpaired) electrons. The van der Waals surface area contributed by atoms with Crippen LogP contribution in [-0.2, 0) is 0 Å². The van der Waals surface area contributed by atoms with E-state index in [9.17, 15) is 0 Å². The summed E-state index contributed by atoms with van der Waals surface area (Å²) in [5, 5.41) is 1.75. The number of hydrogen-bond acceptors (Lipinski definition) is 7. The van der Waals surface area contributed by atoms with E-state index >= 15 is 0 Å². The first-order valence-corrected chi connectivity index (χ1v) is 15.1. The molecule has 0 aliphatic rings. The van der Waals surface area contributed by atoms with Gasteiger partial charge in [0.1, 0.15) is 11.3 Å². The monoisotopic (exact) mass is 598 g/mol. The molecule has 0 bridgehead atoms. The van der Waals surface area contributed by atoms with E-state index in [4.69, 9.17) is 29.3 Å². The largest absolute Gasteiger partial charge is 0.455 e. The molecule has 0 spiro atoms. The van der Waals surface area contributed by atoms with Crippen LogP contribution in [0, 0.1) is 0 Å². The summed E-state index contributed by atoms with van der Waals surface area (Å²) in [5.74, 6) is 2.88. The Bertz CT molecular complexity index is 2300. The zero-order valence-corrected chi connectivity index (χ0v) is 25.8. The van der Waals surface area contributed by atoms with Gasteiger partial charge < -0.3 is 4.42 Å². The average molecular weight is 599 g/mol. The van der Waals surface area contributed by atoms with Gasteiger partial charge in [-0.25, -0.2) is 29.9 Å². The van der Waals surface area contributed by atoms with Crippen molar-refractivity contribution in [2.24, 2.45) is 0 Å². The number of para-hydroxylation sites is 1. The molecule has 0 amide bonds. The second-order valence-corrected chi connectivity index (χ2v) is 10.7. The number of rotatable bonds is 7. The Kier molecular flexibility index (Phi) is 7.56. The molecule has 0 fully saturated rings. The Balaban J connectivity index is 1.44. The van der Waals surface area contributed by atoms with Crippen LogP contribution in [0.1, 0.15) is 43.7 Å². The van der Waals surface area contributed by atoms with Crippen molar-refractivity contribution in [3.05, 3.63) is 139 Å². The van der Waals surface area contributed by atoms with Crippen LogP contribution < -0.4 is 0 Å². The number of allylic oxidation sites excluding steroid dienone is 3. The van der Waals surface area contributed by atoms with Crippen molar-refractivity contribution in [2.45, 2.75) is 20.8 Å². The molecule has 7 aromatic rings. The highest BCUT2D eigenvalue weighted by Gasteiger charge is 2.24. The molecule has 7 rings (SSSR count). The maximum Gasteiger partial charge on any atom is 0.166 e. The van der Waals surface area contributed by atoms with Gasteiger partial charge in [-0.15, -0.1) is 0 Å². The summed E-state index contributed by atoms with van der Waals surface area (Å²) in [5.41, 5.74) is 7.30. The van der Waals surface area contributed by atoms with Gasteiger partial charge in [0.2, 0.25) is 0 Å². The first-order chi connectivity index (χ1) is 22.6. The molecule has 0 saturated heterocycles. The van der Waals surface area contributed by atoms with E-state index in [1.807, 2.05) is 124 Å². The molecule has 7 heteroatoms. The molecular formula is C39H30N6O. The smallest absolute Gasteiger partial charge is 0.166 e. The quantitative estimate of drug-likeness (QED) is 0.180. The topological polar surface area (TPSA) is 90.5 Å². The maximum absolute atomic E-state index is 6.57. The number of aromatic nitrogens is 6. The molecule has 222 valence electrons. The summed E-state index contributed by atoms with van der Waals surface area (Å²) in [6.07, 6.45) is 7.47. The minimum absolute atomic E-state index is 0.520. The second-order valence-electron chi connectivity index (χ2n) is 10.7. The zero-order chi connectivity index (χ0) is 31.6. The van der Waals surface area contributed by atoms with Crippen LogP contribution in [0.3, 0.4) is 0 Å². The van der Waals surface area contributed by atoms with Crippen LogP contribution in [0.4, 0.5) is 0 Å². The first-order valence-electron chi connectivity index (χ1n) is 15.1. The molecule has 3 aromatic carbocycles. The van der Waals surface area contributed by atoms with Gasteiger partial charge in [-0.2, -0.15) is 0 Å². The van der Waals surface area contributed by atoms with E-state index in [-0.39, 0.29) is 0 Å². The summed E-state index contributed by atoms with van der Waals surface area (Å²) < 4.78 is 6.57. The van der Waals surface area contributed by atoms with Gasteiger partial charge in [-0.05, 0) is 50.6 Å². The van der Waals surface area contributed by atoms with Crippen molar-refractivity contribution in [3.63, 3.8) is 0 Å². The van der Waals surface area contributed by atoms with Gasteiger partial charge in [0, 0.05) is 39.2 Å². The summed E-state index contributed by atoms with van der Waals surface area (Å²) in [7, 11) is 0. The number of pyridine rings is 1. The molecule has 4 heterocycles. The Morgan fingerprint density at radius 2 is 1.39 bits per heavy atom. The van der Waals surface area contributed by atoms with Gasteiger partial charge in [0.25, 0.3) is 0 Å². The number of furan rings is 1. The summed E-state index contributed by atoms with van der Waals surface area (Å²) in [4.78, 5) is 29.2. The fourth-order valence-corrected chi connectivity index (χ4v) is 5.54. The second kappa shape index (κ2) is 12.1. The Hall–Kier alpha value is -6.08. The molecule has 0 unspecified atom stereocenters. The van der Waals surface area contributed by atoms with Crippen LogP contribution in [0.25, 0.3) is 73.3 Å². The van der Waals surface area contributed by atoms with Crippen molar-refractivity contribution in [1.29, 1.82) is 0 Å². The van der Waals surface area contributed by atoms with Gasteiger partial charge in [-0.1, -0.05) is 91.5 Å². The predicted molar refractivity (Wildman–Crippen MR) is 185 cm³/mol. The lowest BCUT2D eigenvalue weighted by Gasteiger charge is -2.11. The molecule has 0 aliphatic heterocycles. The standard InChI is InChI=1S/C39H30N6O/c1-5-24(4)35-42-36(26-18-12-9-13-19-26)44-38(43-35)27(6-2)32-28-20-14-21-30(34(28)46-31(32)7-3)39-41-33(25-16-10-8-11-17-25)29-22-15-23-40-37(29)45-39/h5-23H,3H2,1-2,4H3/b24-5+,27-6+. The Labute approximate surface area is 266 Å². The lowest BCUT2D eigenvalue weighted by atomic mass is 9.99. The van der Waals surface area contributed by atoms with Crippen LogP contribution in [0.15, 0.2) is 120 Å². The zero-order valence-electron chi connectivity index (χ0n) is 25.8. The van der Waals surface area contributed by atoms with Crippen molar-refractivity contribution in [2.75, 3.05) is 0 Å². The Morgan fingerprint density at radius 3 is 2.11 bits per heavy atom. The maximum atomic E-state index is 6.57. The van der Waals surface area contributed by atoms with Gasteiger partial charge >= 0.3 is 0 Å². The third-order valence-electron chi connectivity index (χ3n) is 7.94. The van der Waals surface area contributed by atoms with Gasteiger partial charge in [0.05, 0.1) is 11.3 Å². The number of benzene rings is 3. The van der Waals surface area contributed by atoms with Crippen molar-refractivity contribution in [1.82, 2.24) is 29.9 Å². The fourth-order valence-electron chi connectivity index (χ4n) is 5.54. The lowest BCUT2D eigenvalue weighted by Crippen LogP contribution is -2.05. The number of hydrogen-bond donors (Lipinski definition) is 0. The highest BCUT2D eigenvalue weighted by atomic mass is 16.3. The van der Waals surface area contributed by atoms with Crippen LogP contribution in [0.5, 0.6) is 0 Å². The van der Waals surface area contributed by atoms with Crippen LogP contribution in [-0.4, -0.2) is 29.9 Å². The van der Waals surface area contributed by atoms with Gasteiger partial charge in [-0.3, -0.25) is 0 Å². The summed E-state index contributed by atoms with van der Waals surface area (Å²) >= 11 is 0. The fraction of sp³-hybridized carbons (Fsp3) is 0.0769. The minimum Gasteiger partial charge on any atom is -0.455 e. The molecular weight excluding hydrogens is 568 g/mol. The number of fused-ring (bicyclic) bond motifs is 2.